The highest BCUT2D eigenvalue weighted by atomic mass is 32.2. The van der Waals surface area contributed by atoms with Crippen LogP contribution in [0.5, 0.6) is 0 Å². The van der Waals surface area contributed by atoms with Gasteiger partial charge in [0.2, 0.25) is 10.0 Å². The molecule has 2 aliphatic rings. The van der Waals surface area contributed by atoms with Crippen molar-refractivity contribution in [3.05, 3.63) is 29.3 Å². The minimum atomic E-state index is -3.34. The van der Waals surface area contributed by atoms with Gasteiger partial charge in [0.1, 0.15) is 5.54 Å². The molecule has 1 heterocycles. The van der Waals surface area contributed by atoms with E-state index >= 15 is 0 Å². The lowest BCUT2D eigenvalue weighted by molar-refractivity contribution is -0.145. The maximum absolute atomic E-state index is 12.6. The van der Waals surface area contributed by atoms with Crippen LogP contribution < -0.4 is 9.62 Å². The van der Waals surface area contributed by atoms with Gasteiger partial charge in [-0.1, -0.05) is 19.3 Å². The van der Waals surface area contributed by atoms with E-state index in [1.54, 1.807) is 18.2 Å². The average Bonchev–Trinajstić information content (AvgIpc) is 2.98. The second-order valence-electron chi connectivity index (χ2n) is 6.83. The van der Waals surface area contributed by atoms with Gasteiger partial charge in [0, 0.05) is 12.1 Å². The van der Waals surface area contributed by atoms with E-state index in [9.17, 15) is 23.1 Å². The summed E-state index contributed by atoms with van der Waals surface area (Å²) in [4.78, 5) is 24.3. The Morgan fingerprint density at radius 1 is 1.20 bits per heavy atom. The zero-order valence-corrected chi connectivity index (χ0v) is 14.9. The monoisotopic (exact) mass is 366 g/mol. The van der Waals surface area contributed by atoms with Crippen molar-refractivity contribution in [2.45, 2.75) is 44.1 Å². The summed E-state index contributed by atoms with van der Waals surface area (Å²) in [6.45, 7) is 0.359. The number of rotatable bonds is 4. The topological polar surface area (TPSA) is 104 Å². The summed E-state index contributed by atoms with van der Waals surface area (Å²) in [5, 5.41) is 12.3. The van der Waals surface area contributed by atoms with Gasteiger partial charge >= 0.3 is 5.97 Å². The molecule has 25 heavy (non-hydrogen) atoms. The van der Waals surface area contributed by atoms with E-state index in [-0.39, 0.29) is 0 Å². The minimum absolute atomic E-state index is 0.359. The van der Waals surface area contributed by atoms with Crippen LogP contribution >= 0.6 is 0 Å². The number of hydrogen-bond acceptors (Lipinski definition) is 4. The second-order valence-corrected chi connectivity index (χ2v) is 8.74. The van der Waals surface area contributed by atoms with Gasteiger partial charge in [-0.15, -0.1) is 0 Å². The number of nitrogens with zero attached hydrogens (tertiary/aromatic N) is 1. The Kier molecular flexibility index (Phi) is 4.49. The zero-order valence-electron chi connectivity index (χ0n) is 14.1. The van der Waals surface area contributed by atoms with Crippen molar-refractivity contribution in [1.29, 1.82) is 0 Å². The van der Waals surface area contributed by atoms with Crippen molar-refractivity contribution in [3.63, 3.8) is 0 Å². The van der Waals surface area contributed by atoms with Crippen LogP contribution in [0.25, 0.3) is 0 Å². The molecule has 3 rings (SSSR count). The smallest absolute Gasteiger partial charge is 0.329 e. The summed E-state index contributed by atoms with van der Waals surface area (Å²) in [5.74, 6) is -1.42. The molecule has 1 aromatic rings. The van der Waals surface area contributed by atoms with Gasteiger partial charge in [0.05, 0.1) is 11.9 Å². The molecular formula is C17H22N2O5S. The first-order valence-corrected chi connectivity index (χ1v) is 10.2. The maximum Gasteiger partial charge on any atom is 0.329 e. The fourth-order valence-electron chi connectivity index (χ4n) is 3.69. The van der Waals surface area contributed by atoms with E-state index in [1.807, 2.05) is 0 Å². The lowest BCUT2D eigenvalue weighted by atomic mass is 9.81. The summed E-state index contributed by atoms with van der Waals surface area (Å²) in [7, 11) is -3.34. The molecule has 136 valence electrons. The van der Waals surface area contributed by atoms with Gasteiger partial charge < -0.3 is 10.4 Å². The highest BCUT2D eigenvalue weighted by molar-refractivity contribution is 7.92. The molecule has 0 unspecified atom stereocenters. The van der Waals surface area contributed by atoms with Crippen LogP contribution in [-0.4, -0.2) is 43.7 Å². The SMILES string of the molecule is CS(=O)(=O)N1CCc2cc(C(=O)NC3(C(=O)O)CCCCC3)ccc21. The fraction of sp³-hybridized carbons (Fsp3) is 0.529. The van der Waals surface area contributed by atoms with Crippen LogP contribution in [0.3, 0.4) is 0 Å². The average molecular weight is 366 g/mol. The largest absolute Gasteiger partial charge is 0.480 e. The van der Waals surface area contributed by atoms with Crippen LogP contribution in [0.15, 0.2) is 18.2 Å². The molecular weight excluding hydrogens is 344 g/mol. The van der Waals surface area contributed by atoms with Crippen molar-refractivity contribution in [3.8, 4) is 0 Å². The second kappa shape index (κ2) is 6.33. The Morgan fingerprint density at radius 2 is 1.88 bits per heavy atom. The first-order valence-electron chi connectivity index (χ1n) is 8.39. The highest BCUT2D eigenvalue weighted by Gasteiger charge is 2.41. The molecule has 8 heteroatoms. The van der Waals surface area contributed by atoms with Gasteiger partial charge in [0.15, 0.2) is 0 Å². The Hall–Kier alpha value is -2.09. The standard InChI is InChI=1S/C17H22N2O5S/c1-25(23,24)19-10-7-12-11-13(5-6-14(12)19)15(20)18-17(16(21)22)8-3-2-4-9-17/h5-6,11H,2-4,7-10H2,1H3,(H,18,20)(H,21,22). The van der Waals surface area contributed by atoms with Gasteiger partial charge in [-0.2, -0.15) is 0 Å². The Bertz CT molecular complexity index is 812. The predicted molar refractivity (Wildman–Crippen MR) is 93.3 cm³/mol. The molecule has 0 aromatic heterocycles. The summed E-state index contributed by atoms with van der Waals surface area (Å²) in [6.07, 6.45) is 5.09. The number of fused-ring (bicyclic) bond motifs is 1. The molecule has 0 atom stereocenters. The molecule has 1 aliphatic carbocycles. The molecule has 0 bridgehead atoms. The number of amides is 1. The third kappa shape index (κ3) is 3.35. The number of carboxylic acids is 1. The van der Waals surface area contributed by atoms with Crippen molar-refractivity contribution < 1.29 is 23.1 Å². The van der Waals surface area contributed by atoms with Crippen LogP contribution in [0, 0.1) is 0 Å². The van der Waals surface area contributed by atoms with Gasteiger partial charge in [-0.3, -0.25) is 9.10 Å². The number of aliphatic carboxylic acids is 1. The molecule has 2 N–H and O–H groups in total. The molecule has 0 saturated heterocycles. The molecule has 1 saturated carbocycles. The maximum atomic E-state index is 12.6. The predicted octanol–water partition coefficient (Wildman–Crippen LogP) is 1.53. The van der Waals surface area contributed by atoms with Crippen molar-refractivity contribution in [2.24, 2.45) is 0 Å². The molecule has 0 radical (unpaired) electrons. The third-order valence-corrected chi connectivity index (χ3v) is 6.24. The number of carbonyl (C=O) groups is 2. The zero-order chi connectivity index (χ0) is 18.2. The fourth-order valence-corrected chi connectivity index (χ4v) is 4.65. The van der Waals surface area contributed by atoms with E-state index < -0.39 is 27.4 Å². The molecule has 1 aliphatic heterocycles. The normalized spacial score (nSPS) is 19.3. The first kappa shape index (κ1) is 17.7. The lowest BCUT2D eigenvalue weighted by Crippen LogP contribution is -2.55. The number of benzene rings is 1. The summed E-state index contributed by atoms with van der Waals surface area (Å²) in [5.41, 5.74) is 0.531. The Morgan fingerprint density at radius 3 is 2.48 bits per heavy atom. The van der Waals surface area contributed by atoms with Crippen LogP contribution in [0.4, 0.5) is 5.69 Å². The minimum Gasteiger partial charge on any atom is -0.480 e. The molecule has 1 aromatic carbocycles. The quantitative estimate of drug-likeness (QED) is 0.841. The number of hydrogen-bond donors (Lipinski definition) is 2. The van der Waals surface area contributed by atoms with Gasteiger partial charge in [0.25, 0.3) is 5.91 Å². The van der Waals surface area contributed by atoms with Crippen LogP contribution in [0.1, 0.15) is 48.0 Å². The molecule has 7 nitrogen and oxygen atoms in total. The number of sulfonamides is 1. The van der Waals surface area contributed by atoms with Crippen LogP contribution in [-0.2, 0) is 21.2 Å². The van der Waals surface area contributed by atoms with Crippen molar-refractivity contribution in [2.75, 3.05) is 17.1 Å². The third-order valence-electron chi connectivity index (χ3n) is 5.06. The van der Waals surface area contributed by atoms with E-state index in [0.717, 1.165) is 31.1 Å². The van der Waals surface area contributed by atoms with E-state index in [1.165, 1.54) is 4.31 Å². The number of carboxylic acid groups (broad SMARTS) is 1. The first-order chi connectivity index (χ1) is 11.7. The summed E-state index contributed by atoms with van der Waals surface area (Å²) < 4.78 is 24.9. The lowest BCUT2D eigenvalue weighted by Gasteiger charge is -2.34. The van der Waals surface area contributed by atoms with Gasteiger partial charge in [-0.25, -0.2) is 13.2 Å². The number of anilines is 1. The molecule has 1 amide bonds. The Labute approximate surface area is 147 Å². The van der Waals surface area contributed by atoms with E-state index in [4.69, 9.17) is 0 Å². The number of carbonyl (C=O) groups excluding carboxylic acids is 1. The highest BCUT2D eigenvalue weighted by Crippen LogP contribution is 2.32. The van der Waals surface area contributed by atoms with Crippen molar-refractivity contribution >= 4 is 27.6 Å². The van der Waals surface area contributed by atoms with Crippen molar-refractivity contribution in [1.82, 2.24) is 5.32 Å². The summed E-state index contributed by atoms with van der Waals surface area (Å²) >= 11 is 0. The van der Waals surface area contributed by atoms with E-state index in [0.29, 0.717) is 37.1 Å². The van der Waals surface area contributed by atoms with Crippen LogP contribution in [0.2, 0.25) is 0 Å². The molecule has 0 spiro atoms. The number of nitrogens with one attached hydrogen (secondary N) is 1. The Balaban J connectivity index is 1.83. The summed E-state index contributed by atoms with van der Waals surface area (Å²) in [6, 6.07) is 4.83. The molecule has 1 fully saturated rings. The van der Waals surface area contributed by atoms with Gasteiger partial charge in [-0.05, 0) is 43.0 Å². The van der Waals surface area contributed by atoms with E-state index in [2.05, 4.69) is 5.32 Å².